The molecule has 4 heteroatoms. The fourth-order valence-electron chi connectivity index (χ4n) is 2.39. The minimum Gasteiger partial charge on any atom is -0.309 e. The van der Waals surface area contributed by atoms with Gasteiger partial charge in [-0.25, -0.2) is 0 Å². The standard InChI is InChI=1S/C18H39O3P/c1-4-7-9-11-13-15-17-20-22(19,6-3)21-18-16-14-12-10-8-5-2/h4-18H2,1-3H3. The molecule has 0 aliphatic heterocycles. The molecule has 22 heavy (non-hydrogen) atoms. The van der Waals surface area contributed by atoms with Crippen molar-refractivity contribution in [3.8, 4) is 0 Å². The van der Waals surface area contributed by atoms with Crippen LogP contribution in [0.4, 0.5) is 0 Å². The minimum atomic E-state index is -2.82. The van der Waals surface area contributed by atoms with Crippen LogP contribution in [-0.2, 0) is 13.6 Å². The molecule has 134 valence electrons. The van der Waals surface area contributed by atoms with Crippen LogP contribution in [0.1, 0.15) is 97.8 Å². The third-order valence-corrected chi connectivity index (χ3v) is 5.89. The maximum absolute atomic E-state index is 12.4. The van der Waals surface area contributed by atoms with Gasteiger partial charge in [0.15, 0.2) is 0 Å². The molecule has 0 bridgehead atoms. The van der Waals surface area contributed by atoms with Crippen molar-refractivity contribution in [2.24, 2.45) is 0 Å². The van der Waals surface area contributed by atoms with Gasteiger partial charge >= 0.3 is 7.60 Å². The lowest BCUT2D eigenvalue weighted by Crippen LogP contribution is -2.01. The van der Waals surface area contributed by atoms with E-state index < -0.39 is 7.60 Å². The summed E-state index contributed by atoms with van der Waals surface area (Å²) in [5, 5.41) is 0. The van der Waals surface area contributed by atoms with E-state index >= 15 is 0 Å². The van der Waals surface area contributed by atoms with E-state index in [0.717, 1.165) is 12.8 Å². The predicted molar refractivity (Wildman–Crippen MR) is 96.8 cm³/mol. The highest BCUT2D eigenvalue weighted by molar-refractivity contribution is 7.53. The predicted octanol–water partition coefficient (Wildman–Crippen LogP) is 6.95. The number of hydrogen-bond acceptors (Lipinski definition) is 3. The Labute approximate surface area is 139 Å². The summed E-state index contributed by atoms with van der Waals surface area (Å²) in [6.07, 6.45) is 15.1. The second-order valence-corrected chi connectivity index (χ2v) is 8.50. The summed E-state index contributed by atoms with van der Waals surface area (Å²) in [4.78, 5) is 0. The van der Waals surface area contributed by atoms with Crippen molar-refractivity contribution < 1.29 is 13.6 Å². The SMILES string of the molecule is CCCCCCCCOP(=O)(CC)OCCCCCCCC. The molecule has 0 heterocycles. The summed E-state index contributed by atoms with van der Waals surface area (Å²) < 4.78 is 23.5. The average Bonchev–Trinajstić information content (AvgIpc) is 2.53. The molecular weight excluding hydrogens is 295 g/mol. The molecule has 0 spiro atoms. The van der Waals surface area contributed by atoms with Crippen LogP contribution in [0.2, 0.25) is 0 Å². The summed E-state index contributed by atoms with van der Waals surface area (Å²) >= 11 is 0. The Hall–Kier alpha value is 0.150. The zero-order valence-corrected chi connectivity index (χ0v) is 16.2. The first-order valence-electron chi connectivity index (χ1n) is 9.56. The molecule has 0 unspecified atom stereocenters. The van der Waals surface area contributed by atoms with Crippen LogP contribution in [0.25, 0.3) is 0 Å². The Morgan fingerprint density at radius 1 is 0.591 bits per heavy atom. The van der Waals surface area contributed by atoms with Gasteiger partial charge in [-0.15, -0.1) is 0 Å². The average molecular weight is 334 g/mol. The van der Waals surface area contributed by atoms with E-state index in [1.165, 1.54) is 64.2 Å². The van der Waals surface area contributed by atoms with Crippen LogP contribution in [-0.4, -0.2) is 19.4 Å². The van der Waals surface area contributed by atoms with Crippen molar-refractivity contribution in [3.63, 3.8) is 0 Å². The van der Waals surface area contributed by atoms with E-state index in [9.17, 15) is 4.57 Å². The van der Waals surface area contributed by atoms with Gasteiger partial charge in [-0.2, -0.15) is 0 Å². The van der Waals surface area contributed by atoms with Gasteiger partial charge in [0.05, 0.1) is 13.2 Å². The topological polar surface area (TPSA) is 35.5 Å². The lowest BCUT2D eigenvalue weighted by atomic mass is 10.1. The number of rotatable bonds is 17. The Bertz CT molecular complexity index is 247. The quantitative estimate of drug-likeness (QED) is 0.213. The highest BCUT2D eigenvalue weighted by Crippen LogP contribution is 2.47. The zero-order chi connectivity index (χ0) is 16.5. The van der Waals surface area contributed by atoms with Crippen LogP contribution in [0.5, 0.6) is 0 Å². The van der Waals surface area contributed by atoms with Gasteiger partial charge < -0.3 is 9.05 Å². The molecule has 0 aromatic rings. The highest BCUT2D eigenvalue weighted by Gasteiger charge is 2.21. The lowest BCUT2D eigenvalue weighted by Gasteiger charge is -2.17. The molecule has 3 nitrogen and oxygen atoms in total. The first-order valence-corrected chi connectivity index (χ1v) is 11.3. The van der Waals surface area contributed by atoms with Crippen molar-refractivity contribution in [2.75, 3.05) is 19.4 Å². The Kier molecular flexibility index (Phi) is 16.1. The monoisotopic (exact) mass is 334 g/mol. The third kappa shape index (κ3) is 13.8. The van der Waals surface area contributed by atoms with Gasteiger partial charge in [0.2, 0.25) is 0 Å². The Morgan fingerprint density at radius 3 is 1.32 bits per heavy atom. The number of unbranched alkanes of at least 4 members (excludes halogenated alkanes) is 10. The Morgan fingerprint density at radius 2 is 0.955 bits per heavy atom. The largest absolute Gasteiger partial charge is 0.330 e. The van der Waals surface area contributed by atoms with E-state index in [1.807, 2.05) is 6.92 Å². The first-order chi connectivity index (χ1) is 10.7. The fourth-order valence-corrected chi connectivity index (χ4v) is 3.65. The molecule has 0 saturated carbocycles. The maximum atomic E-state index is 12.4. The molecule has 0 amide bonds. The van der Waals surface area contributed by atoms with E-state index in [1.54, 1.807) is 0 Å². The van der Waals surface area contributed by atoms with Gasteiger partial charge in [0, 0.05) is 6.16 Å². The third-order valence-electron chi connectivity index (χ3n) is 3.96. The fraction of sp³-hybridized carbons (Fsp3) is 1.00. The molecule has 0 radical (unpaired) electrons. The van der Waals surface area contributed by atoms with Crippen molar-refractivity contribution in [1.29, 1.82) is 0 Å². The molecule has 0 saturated heterocycles. The summed E-state index contributed by atoms with van der Waals surface area (Å²) in [6.45, 7) is 7.49. The van der Waals surface area contributed by atoms with Crippen molar-refractivity contribution in [2.45, 2.75) is 97.8 Å². The van der Waals surface area contributed by atoms with E-state index in [4.69, 9.17) is 9.05 Å². The smallest absolute Gasteiger partial charge is 0.309 e. The van der Waals surface area contributed by atoms with Crippen molar-refractivity contribution in [1.82, 2.24) is 0 Å². The first kappa shape index (κ1) is 22.1. The molecule has 0 N–H and O–H groups in total. The van der Waals surface area contributed by atoms with E-state index in [2.05, 4.69) is 13.8 Å². The van der Waals surface area contributed by atoms with E-state index in [0.29, 0.717) is 19.4 Å². The minimum absolute atomic E-state index is 0.485. The van der Waals surface area contributed by atoms with Crippen LogP contribution in [0.3, 0.4) is 0 Å². The zero-order valence-electron chi connectivity index (χ0n) is 15.3. The molecule has 0 rings (SSSR count). The second kappa shape index (κ2) is 16.0. The van der Waals surface area contributed by atoms with Crippen molar-refractivity contribution in [3.05, 3.63) is 0 Å². The second-order valence-electron chi connectivity index (χ2n) is 6.13. The summed E-state index contributed by atoms with van der Waals surface area (Å²) in [5.74, 6) is 0. The maximum Gasteiger partial charge on any atom is 0.330 e. The molecular formula is C18H39O3P. The van der Waals surface area contributed by atoms with Gasteiger partial charge in [-0.1, -0.05) is 85.0 Å². The summed E-state index contributed by atoms with van der Waals surface area (Å²) in [7, 11) is -2.82. The van der Waals surface area contributed by atoms with E-state index in [-0.39, 0.29) is 0 Å². The molecule has 0 atom stereocenters. The molecule has 0 aromatic carbocycles. The van der Waals surface area contributed by atoms with Gasteiger partial charge in [-0.05, 0) is 12.8 Å². The van der Waals surface area contributed by atoms with Crippen LogP contribution >= 0.6 is 7.60 Å². The van der Waals surface area contributed by atoms with Crippen LogP contribution in [0, 0.1) is 0 Å². The van der Waals surface area contributed by atoms with Crippen LogP contribution < -0.4 is 0 Å². The Balaban J connectivity index is 3.57. The molecule has 0 fully saturated rings. The molecule has 0 aliphatic carbocycles. The summed E-state index contributed by atoms with van der Waals surface area (Å²) in [6, 6.07) is 0. The molecule has 0 aliphatic rings. The highest BCUT2D eigenvalue weighted by atomic mass is 31.2. The lowest BCUT2D eigenvalue weighted by molar-refractivity contribution is 0.198. The normalized spacial score (nSPS) is 12.0. The molecule has 0 aromatic heterocycles. The van der Waals surface area contributed by atoms with Gasteiger partial charge in [0.25, 0.3) is 0 Å². The number of hydrogen-bond donors (Lipinski definition) is 0. The van der Waals surface area contributed by atoms with Gasteiger partial charge in [-0.3, -0.25) is 4.57 Å². The van der Waals surface area contributed by atoms with Crippen molar-refractivity contribution >= 4 is 7.60 Å². The summed E-state index contributed by atoms with van der Waals surface area (Å²) in [5.41, 5.74) is 0. The van der Waals surface area contributed by atoms with Gasteiger partial charge in [0.1, 0.15) is 0 Å². The van der Waals surface area contributed by atoms with Crippen LogP contribution in [0.15, 0.2) is 0 Å².